The van der Waals surface area contributed by atoms with Gasteiger partial charge in [-0.1, -0.05) is 19.8 Å². The van der Waals surface area contributed by atoms with Gasteiger partial charge in [-0.3, -0.25) is 9.36 Å². The van der Waals surface area contributed by atoms with Crippen molar-refractivity contribution in [2.75, 3.05) is 10.2 Å². The lowest BCUT2D eigenvalue weighted by molar-refractivity contribution is 0.0951. The van der Waals surface area contributed by atoms with E-state index >= 15 is 0 Å². The van der Waals surface area contributed by atoms with E-state index in [1.807, 2.05) is 35.0 Å². The monoisotopic (exact) mass is 444 g/mol. The Bertz CT molecular complexity index is 1160. The first-order chi connectivity index (χ1) is 16.2. The Hall–Kier alpha value is -3.49. The Balaban J connectivity index is 1.30. The largest absolute Gasteiger partial charge is 0.349 e. The molecular formula is C24H28N8O. The minimum Gasteiger partial charge on any atom is -0.349 e. The molecule has 2 N–H and O–H groups in total. The van der Waals surface area contributed by atoms with Crippen LogP contribution in [0, 0.1) is 0 Å². The molecule has 1 amide bonds. The van der Waals surface area contributed by atoms with E-state index in [1.165, 1.54) is 25.7 Å². The molecule has 0 radical (unpaired) electrons. The number of benzene rings is 1. The second kappa shape index (κ2) is 8.13. The summed E-state index contributed by atoms with van der Waals surface area (Å²) in [5.74, 6) is 2.41. The van der Waals surface area contributed by atoms with Gasteiger partial charge in [-0.15, -0.1) is 10.2 Å². The molecular weight excluding hydrogens is 416 g/mol. The van der Waals surface area contributed by atoms with Crippen molar-refractivity contribution in [1.82, 2.24) is 30.0 Å². The third kappa shape index (κ3) is 3.71. The van der Waals surface area contributed by atoms with Crippen molar-refractivity contribution < 1.29 is 4.79 Å². The van der Waals surface area contributed by atoms with E-state index in [9.17, 15) is 4.79 Å². The second-order valence-electron chi connectivity index (χ2n) is 9.18. The van der Waals surface area contributed by atoms with E-state index < -0.39 is 0 Å². The van der Waals surface area contributed by atoms with Gasteiger partial charge in [-0.05, 0) is 56.4 Å². The second-order valence-corrected chi connectivity index (χ2v) is 9.18. The lowest BCUT2D eigenvalue weighted by Gasteiger charge is -2.40. The predicted octanol–water partition coefficient (Wildman–Crippen LogP) is 3.91. The molecule has 170 valence electrons. The predicted molar refractivity (Wildman–Crippen MR) is 125 cm³/mol. The van der Waals surface area contributed by atoms with E-state index in [0.717, 1.165) is 42.3 Å². The van der Waals surface area contributed by atoms with Crippen LogP contribution in [0.15, 0.2) is 36.8 Å². The van der Waals surface area contributed by atoms with Crippen LogP contribution in [-0.4, -0.2) is 42.7 Å². The third-order valence-electron chi connectivity index (χ3n) is 6.88. The molecule has 3 aliphatic rings. The zero-order valence-corrected chi connectivity index (χ0v) is 18.7. The summed E-state index contributed by atoms with van der Waals surface area (Å²) < 4.78 is 2.02. The number of nitrogens with zero attached hydrogens (tertiary/aromatic N) is 6. The maximum atomic E-state index is 12.3. The van der Waals surface area contributed by atoms with Gasteiger partial charge in [0, 0.05) is 23.3 Å². The molecule has 6 rings (SSSR count). The summed E-state index contributed by atoms with van der Waals surface area (Å²) in [4.78, 5) is 24.2. The van der Waals surface area contributed by atoms with E-state index in [0.29, 0.717) is 23.6 Å². The number of carbonyl (C=O) groups is 1. The number of rotatable bonds is 6. The van der Waals surface area contributed by atoms with Gasteiger partial charge in [0.25, 0.3) is 5.91 Å². The highest BCUT2D eigenvalue weighted by Crippen LogP contribution is 2.42. The molecule has 33 heavy (non-hydrogen) atoms. The standard InChI is InChI=1S/C24H28N8O/c1-2-19-22-30-26-14-31(22)20-13-25-24(29-21(20)32(19)18-5-3-4-6-18)28-17-9-7-15(8-10-17)23(33)27-16-11-12-16/h7-10,13-14,16,18-19H,2-6,11-12H2,1H3,(H,27,33)(H,25,28,29). The highest BCUT2D eigenvalue weighted by atomic mass is 16.1. The number of fused-ring (bicyclic) bond motifs is 3. The molecule has 9 heteroatoms. The Labute approximate surface area is 192 Å². The number of carbonyl (C=O) groups excluding carboxylic acids is 1. The average Bonchev–Trinajstić information content (AvgIpc) is 3.27. The first kappa shape index (κ1) is 20.1. The SMILES string of the molecule is CCC1c2nncn2-c2cnc(Nc3ccc(C(=O)NC4CC4)cc3)nc2N1C1CCCC1. The first-order valence-electron chi connectivity index (χ1n) is 11.9. The average molecular weight is 445 g/mol. The molecule has 2 fully saturated rings. The Morgan fingerprint density at radius 1 is 1.12 bits per heavy atom. The lowest BCUT2D eigenvalue weighted by atomic mass is 10.0. The van der Waals surface area contributed by atoms with Crippen molar-refractivity contribution in [3.05, 3.63) is 48.2 Å². The number of amides is 1. The first-order valence-corrected chi connectivity index (χ1v) is 11.9. The maximum absolute atomic E-state index is 12.3. The van der Waals surface area contributed by atoms with Gasteiger partial charge >= 0.3 is 0 Å². The van der Waals surface area contributed by atoms with Gasteiger partial charge in [0.05, 0.1) is 12.2 Å². The number of nitrogens with one attached hydrogen (secondary N) is 2. The summed E-state index contributed by atoms with van der Waals surface area (Å²) in [5.41, 5.74) is 2.43. The fourth-order valence-electron chi connectivity index (χ4n) is 5.03. The summed E-state index contributed by atoms with van der Waals surface area (Å²) >= 11 is 0. The minimum atomic E-state index is -0.0170. The Kier molecular flexibility index (Phi) is 4.96. The van der Waals surface area contributed by atoms with Crippen molar-refractivity contribution >= 4 is 23.4 Å². The van der Waals surface area contributed by atoms with E-state index in [1.54, 1.807) is 6.33 Å². The summed E-state index contributed by atoms with van der Waals surface area (Å²) in [6.07, 6.45) is 11.5. The fourth-order valence-corrected chi connectivity index (χ4v) is 5.03. The Morgan fingerprint density at radius 3 is 2.64 bits per heavy atom. The molecule has 1 aliphatic heterocycles. The summed E-state index contributed by atoms with van der Waals surface area (Å²) in [6.45, 7) is 2.19. The fraction of sp³-hybridized carbons (Fsp3) is 0.458. The normalized spacial score (nSPS) is 19.8. The van der Waals surface area contributed by atoms with Gasteiger partial charge in [-0.2, -0.15) is 4.98 Å². The van der Waals surface area contributed by atoms with E-state index in [-0.39, 0.29) is 11.9 Å². The number of hydrogen-bond acceptors (Lipinski definition) is 7. The van der Waals surface area contributed by atoms with Gasteiger partial charge < -0.3 is 15.5 Å². The van der Waals surface area contributed by atoms with Crippen LogP contribution in [0.5, 0.6) is 0 Å². The van der Waals surface area contributed by atoms with Crippen LogP contribution < -0.4 is 15.5 Å². The van der Waals surface area contributed by atoms with Crippen molar-refractivity contribution in [1.29, 1.82) is 0 Å². The smallest absolute Gasteiger partial charge is 0.251 e. The third-order valence-corrected chi connectivity index (χ3v) is 6.88. The van der Waals surface area contributed by atoms with Gasteiger partial charge in [0.1, 0.15) is 12.0 Å². The summed E-state index contributed by atoms with van der Waals surface area (Å²) in [5, 5.41) is 14.9. The van der Waals surface area contributed by atoms with Crippen LogP contribution in [0.1, 0.15) is 74.1 Å². The molecule has 1 aromatic carbocycles. The Morgan fingerprint density at radius 2 is 1.91 bits per heavy atom. The van der Waals surface area contributed by atoms with E-state index in [2.05, 4.69) is 37.6 Å². The van der Waals surface area contributed by atoms with Crippen LogP contribution in [-0.2, 0) is 0 Å². The molecule has 3 aromatic rings. The van der Waals surface area contributed by atoms with Crippen LogP contribution in [0.2, 0.25) is 0 Å². The molecule has 2 aliphatic carbocycles. The quantitative estimate of drug-likeness (QED) is 0.594. The van der Waals surface area contributed by atoms with Gasteiger partial charge in [0.15, 0.2) is 11.6 Å². The van der Waals surface area contributed by atoms with Crippen LogP contribution in [0.4, 0.5) is 17.5 Å². The molecule has 0 spiro atoms. The zero-order chi connectivity index (χ0) is 22.4. The van der Waals surface area contributed by atoms with E-state index in [4.69, 9.17) is 4.98 Å². The van der Waals surface area contributed by atoms with Crippen molar-refractivity contribution in [2.45, 2.75) is 70.0 Å². The number of hydrogen-bond donors (Lipinski definition) is 2. The summed E-state index contributed by atoms with van der Waals surface area (Å²) in [6, 6.07) is 8.40. The molecule has 0 saturated heterocycles. The maximum Gasteiger partial charge on any atom is 0.251 e. The van der Waals surface area contributed by atoms with Crippen LogP contribution >= 0.6 is 0 Å². The highest BCUT2D eigenvalue weighted by molar-refractivity contribution is 5.95. The van der Waals surface area contributed by atoms with Gasteiger partial charge in [0.2, 0.25) is 5.95 Å². The number of aromatic nitrogens is 5. The molecule has 3 heterocycles. The van der Waals surface area contributed by atoms with Crippen LogP contribution in [0.25, 0.3) is 5.69 Å². The molecule has 2 aromatic heterocycles. The molecule has 0 bridgehead atoms. The molecule has 9 nitrogen and oxygen atoms in total. The van der Waals surface area contributed by atoms with Crippen molar-refractivity contribution in [2.24, 2.45) is 0 Å². The van der Waals surface area contributed by atoms with Crippen molar-refractivity contribution in [3.8, 4) is 5.69 Å². The molecule has 1 unspecified atom stereocenters. The summed E-state index contributed by atoms with van der Waals surface area (Å²) in [7, 11) is 0. The minimum absolute atomic E-state index is 0.0170. The van der Waals surface area contributed by atoms with Crippen molar-refractivity contribution in [3.63, 3.8) is 0 Å². The zero-order valence-electron chi connectivity index (χ0n) is 18.7. The number of anilines is 3. The van der Waals surface area contributed by atoms with Crippen LogP contribution in [0.3, 0.4) is 0 Å². The molecule has 1 atom stereocenters. The molecule has 2 saturated carbocycles. The topological polar surface area (TPSA) is 101 Å². The van der Waals surface area contributed by atoms with Gasteiger partial charge in [-0.25, -0.2) is 4.98 Å². The highest BCUT2D eigenvalue weighted by Gasteiger charge is 2.38. The lowest BCUT2D eigenvalue weighted by Crippen LogP contribution is -2.42.